The van der Waals surface area contributed by atoms with Gasteiger partial charge in [0.05, 0.1) is 11.8 Å². The number of carboxylic acid groups (broad SMARTS) is 1. The van der Waals surface area contributed by atoms with E-state index in [0.717, 1.165) is 24.3 Å². The minimum absolute atomic E-state index is 0.0751. The number of carbonyl (C=O) groups excluding carboxylic acids is 1. The van der Waals surface area contributed by atoms with Crippen molar-refractivity contribution in [2.24, 2.45) is 11.8 Å². The minimum atomic E-state index is -0.832. The maximum atomic E-state index is 12.0. The molecule has 0 radical (unpaired) electrons. The van der Waals surface area contributed by atoms with Crippen molar-refractivity contribution >= 4 is 23.6 Å². The maximum absolute atomic E-state index is 12.0. The minimum Gasteiger partial charge on any atom is -0.481 e. The first-order chi connectivity index (χ1) is 8.56. The topological polar surface area (TPSA) is 66.4 Å². The monoisotopic (exact) mass is 273 g/mol. The van der Waals surface area contributed by atoms with E-state index in [-0.39, 0.29) is 17.9 Å². The van der Waals surface area contributed by atoms with Crippen LogP contribution in [0, 0.1) is 11.8 Å². The molecule has 5 heteroatoms. The van der Waals surface area contributed by atoms with E-state index in [0.29, 0.717) is 12.8 Å². The van der Waals surface area contributed by atoms with Crippen LogP contribution in [0.4, 0.5) is 0 Å². The van der Waals surface area contributed by atoms with Gasteiger partial charge in [0.1, 0.15) is 0 Å². The molecule has 0 saturated heterocycles. The Hall–Kier alpha value is -0.710. The number of hydrogen-bond donors (Lipinski definition) is 2. The zero-order valence-electron chi connectivity index (χ0n) is 11.1. The lowest BCUT2D eigenvalue weighted by Gasteiger charge is -2.19. The van der Waals surface area contributed by atoms with E-state index in [9.17, 15) is 9.59 Å². The third kappa shape index (κ3) is 4.52. The molecule has 0 bridgehead atoms. The van der Waals surface area contributed by atoms with Crippen LogP contribution in [0.3, 0.4) is 0 Å². The molecule has 4 nitrogen and oxygen atoms in total. The highest BCUT2D eigenvalue weighted by Gasteiger charge is 2.37. The lowest BCUT2D eigenvalue weighted by atomic mass is 9.95. The predicted molar refractivity (Wildman–Crippen MR) is 73.7 cm³/mol. The number of thioether (sulfide) groups is 1. The first kappa shape index (κ1) is 15.3. The second-order valence-electron chi connectivity index (χ2n) is 4.88. The average molecular weight is 273 g/mol. The summed E-state index contributed by atoms with van der Waals surface area (Å²) in [5, 5.41) is 12.0. The first-order valence-electron chi connectivity index (χ1n) is 6.67. The Morgan fingerprint density at radius 2 is 2.06 bits per heavy atom. The maximum Gasteiger partial charge on any atom is 0.307 e. The van der Waals surface area contributed by atoms with Crippen molar-refractivity contribution < 1.29 is 14.7 Å². The summed E-state index contributed by atoms with van der Waals surface area (Å²) in [5.41, 5.74) is 0. The highest BCUT2D eigenvalue weighted by molar-refractivity contribution is 7.99. The molecule has 1 unspecified atom stereocenters. The first-order valence-corrected chi connectivity index (χ1v) is 7.82. The van der Waals surface area contributed by atoms with Gasteiger partial charge in [-0.1, -0.05) is 13.3 Å². The molecule has 1 aliphatic carbocycles. The van der Waals surface area contributed by atoms with E-state index < -0.39 is 11.9 Å². The van der Waals surface area contributed by atoms with Gasteiger partial charge in [-0.3, -0.25) is 9.59 Å². The molecule has 1 fully saturated rings. The van der Waals surface area contributed by atoms with Crippen LogP contribution in [0.25, 0.3) is 0 Å². The molecule has 0 aliphatic heterocycles. The van der Waals surface area contributed by atoms with Gasteiger partial charge in [0.25, 0.3) is 0 Å². The van der Waals surface area contributed by atoms with E-state index in [1.807, 2.05) is 18.7 Å². The highest BCUT2D eigenvalue weighted by Crippen LogP contribution is 2.32. The van der Waals surface area contributed by atoms with Crippen LogP contribution in [0.2, 0.25) is 0 Å². The molecule has 3 atom stereocenters. The Morgan fingerprint density at radius 3 is 2.67 bits per heavy atom. The molecule has 0 aromatic carbocycles. The Bertz CT molecular complexity index is 296. The van der Waals surface area contributed by atoms with Crippen LogP contribution in [-0.4, -0.2) is 34.5 Å². The van der Waals surface area contributed by atoms with Gasteiger partial charge in [-0.05, 0) is 37.7 Å². The zero-order valence-corrected chi connectivity index (χ0v) is 12.0. The van der Waals surface area contributed by atoms with Crippen molar-refractivity contribution in [3.63, 3.8) is 0 Å². The number of carboxylic acids is 1. The number of carbonyl (C=O) groups is 2. The van der Waals surface area contributed by atoms with Gasteiger partial charge in [-0.25, -0.2) is 0 Å². The lowest BCUT2D eigenvalue weighted by molar-refractivity contribution is -0.146. The van der Waals surface area contributed by atoms with Crippen molar-refractivity contribution in [2.45, 2.75) is 45.6 Å². The number of rotatable bonds is 7. The van der Waals surface area contributed by atoms with E-state index >= 15 is 0 Å². The summed E-state index contributed by atoms with van der Waals surface area (Å²) in [5.74, 6) is 0.400. The van der Waals surface area contributed by atoms with Crippen LogP contribution in [0.15, 0.2) is 0 Å². The molecule has 0 heterocycles. The summed E-state index contributed by atoms with van der Waals surface area (Å²) in [6.45, 7) is 4.10. The summed E-state index contributed by atoms with van der Waals surface area (Å²) in [7, 11) is 0. The summed E-state index contributed by atoms with van der Waals surface area (Å²) >= 11 is 1.86. The van der Waals surface area contributed by atoms with Crippen LogP contribution in [-0.2, 0) is 9.59 Å². The largest absolute Gasteiger partial charge is 0.481 e. The molecular formula is C13H23NO3S. The van der Waals surface area contributed by atoms with Crippen molar-refractivity contribution in [2.75, 3.05) is 11.5 Å². The normalized spacial score (nSPS) is 24.8. The summed E-state index contributed by atoms with van der Waals surface area (Å²) in [6, 6.07) is 0.131. The standard InChI is InChI=1S/C13H23NO3S/c1-3-18-8-7-9(2)14-12(15)10-5-4-6-11(10)13(16)17/h9-11H,3-8H2,1-2H3,(H,14,15)(H,16,17)/t9?,10-,11+/m1/s1. The SMILES string of the molecule is CCSCCC(C)NC(=O)[C@@H]1CCC[C@@H]1C(=O)O. The molecule has 1 saturated carbocycles. The molecule has 2 N–H and O–H groups in total. The molecule has 18 heavy (non-hydrogen) atoms. The summed E-state index contributed by atoms with van der Waals surface area (Å²) < 4.78 is 0. The molecule has 1 aliphatic rings. The van der Waals surface area contributed by atoms with Gasteiger partial charge in [-0.15, -0.1) is 0 Å². The third-order valence-electron chi connectivity index (χ3n) is 3.46. The Kier molecular flexibility index (Phi) is 6.54. The molecule has 1 amide bonds. The quantitative estimate of drug-likeness (QED) is 0.697. The van der Waals surface area contributed by atoms with Gasteiger partial charge in [0.15, 0.2) is 0 Å². The number of hydrogen-bond acceptors (Lipinski definition) is 3. The number of aliphatic carboxylic acids is 1. The van der Waals surface area contributed by atoms with Crippen molar-refractivity contribution in [1.29, 1.82) is 0 Å². The molecule has 104 valence electrons. The fourth-order valence-corrected chi connectivity index (χ4v) is 3.20. The molecule has 0 aromatic heterocycles. The Labute approximate surface area is 113 Å². The zero-order chi connectivity index (χ0) is 13.5. The fourth-order valence-electron chi connectivity index (χ4n) is 2.40. The van der Waals surface area contributed by atoms with Crippen molar-refractivity contribution in [3.05, 3.63) is 0 Å². The summed E-state index contributed by atoms with van der Waals surface area (Å²) in [4.78, 5) is 23.1. The molecule has 0 aromatic rings. The van der Waals surface area contributed by atoms with Crippen LogP contribution in [0.5, 0.6) is 0 Å². The van der Waals surface area contributed by atoms with Crippen LogP contribution < -0.4 is 5.32 Å². The van der Waals surface area contributed by atoms with Gasteiger partial charge in [0, 0.05) is 6.04 Å². The predicted octanol–water partition coefficient (Wildman–Crippen LogP) is 2.14. The lowest BCUT2D eigenvalue weighted by Crippen LogP contribution is -2.40. The fraction of sp³-hybridized carbons (Fsp3) is 0.846. The van der Waals surface area contributed by atoms with Crippen LogP contribution >= 0.6 is 11.8 Å². The van der Waals surface area contributed by atoms with Gasteiger partial charge < -0.3 is 10.4 Å². The smallest absolute Gasteiger partial charge is 0.307 e. The van der Waals surface area contributed by atoms with Crippen molar-refractivity contribution in [3.8, 4) is 0 Å². The molecule has 0 spiro atoms. The molecular weight excluding hydrogens is 250 g/mol. The van der Waals surface area contributed by atoms with E-state index in [1.165, 1.54) is 0 Å². The Morgan fingerprint density at radius 1 is 1.39 bits per heavy atom. The van der Waals surface area contributed by atoms with Gasteiger partial charge >= 0.3 is 5.97 Å². The van der Waals surface area contributed by atoms with Crippen molar-refractivity contribution in [1.82, 2.24) is 5.32 Å². The molecule has 1 rings (SSSR count). The van der Waals surface area contributed by atoms with E-state index in [2.05, 4.69) is 12.2 Å². The number of amides is 1. The van der Waals surface area contributed by atoms with Gasteiger partial charge in [-0.2, -0.15) is 11.8 Å². The average Bonchev–Trinajstić information content (AvgIpc) is 2.78. The van der Waals surface area contributed by atoms with E-state index in [4.69, 9.17) is 5.11 Å². The third-order valence-corrected chi connectivity index (χ3v) is 4.39. The Balaban J connectivity index is 2.37. The second-order valence-corrected chi connectivity index (χ2v) is 6.27. The second kappa shape index (κ2) is 7.67. The summed E-state index contributed by atoms with van der Waals surface area (Å²) in [6.07, 6.45) is 3.12. The van der Waals surface area contributed by atoms with E-state index in [1.54, 1.807) is 0 Å². The highest BCUT2D eigenvalue weighted by atomic mass is 32.2. The van der Waals surface area contributed by atoms with Crippen LogP contribution in [0.1, 0.15) is 39.5 Å². The number of nitrogens with one attached hydrogen (secondary N) is 1. The van der Waals surface area contributed by atoms with Gasteiger partial charge in [0.2, 0.25) is 5.91 Å².